The molecule has 1 atom stereocenters. The molecule has 0 bridgehead atoms. The maximum absolute atomic E-state index is 11.7. The highest BCUT2D eigenvalue weighted by atomic mass is 32.2. The fourth-order valence-corrected chi connectivity index (χ4v) is 2.63. The van der Waals surface area contributed by atoms with Gasteiger partial charge in [0.25, 0.3) is 0 Å². The normalized spacial score (nSPS) is 12.1. The van der Waals surface area contributed by atoms with Gasteiger partial charge >= 0.3 is 5.97 Å². The third-order valence-corrected chi connectivity index (χ3v) is 3.82. The second kappa shape index (κ2) is 8.00. The first-order valence-electron chi connectivity index (χ1n) is 5.68. The van der Waals surface area contributed by atoms with E-state index in [-0.39, 0.29) is 5.97 Å². The Bertz CT molecular complexity index is 400. The SMILES string of the molecule is COCCCS(=O)Cc1ccc(C(=O)OC)cc1. The van der Waals surface area contributed by atoms with Crippen molar-refractivity contribution < 1.29 is 18.5 Å². The molecule has 0 radical (unpaired) electrons. The summed E-state index contributed by atoms with van der Waals surface area (Å²) in [5.41, 5.74) is 1.46. The molecule has 0 aliphatic rings. The molecule has 0 saturated heterocycles. The smallest absolute Gasteiger partial charge is 0.337 e. The molecule has 1 rings (SSSR count). The largest absolute Gasteiger partial charge is 0.465 e. The van der Waals surface area contributed by atoms with E-state index < -0.39 is 10.8 Å². The number of methoxy groups -OCH3 is 2. The minimum atomic E-state index is -0.888. The Balaban J connectivity index is 2.48. The third kappa shape index (κ3) is 4.98. The van der Waals surface area contributed by atoms with Crippen LogP contribution in [-0.4, -0.2) is 36.8 Å². The van der Waals surface area contributed by atoms with E-state index in [1.807, 2.05) is 0 Å². The quantitative estimate of drug-likeness (QED) is 0.559. The van der Waals surface area contributed by atoms with Crippen LogP contribution in [-0.2, 0) is 26.0 Å². The van der Waals surface area contributed by atoms with Crippen molar-refractivity contribution >= 4 is 16.8 Å². The number of carbonyl (C=O) groups excluding carboxylic acids is 1. The molecule has 0 aliphatic heterocycles. The lowest BCUT2D eigenvalue weighted by atomic mass is 10.1. The van der Waals surface area contributed by atoms with Crippen LogP contribution in [0.5, 0.6) is 0 Å². The summed E-state index contributed by atoms with van der Waals surface area (Å²) in [6, 6.07) is 6.99. The molecule has 0 heterocycles. The highest BCUT2D eigenvalue weighted by Gasteiger charge is 2.06. The van der Waals surface area contributed by atoms with Crippen molar-refractivity contribution in [2.24, 2.45) is 0 Å². The lowest BCUT2D eigenvalue weighted by Crippen LogP contribution is -2.05. The molecule has 100 valence electrons. The molecule has 0 amide bonds. The lowest BCUT2D eigenvalue weighted by Gasteiger charge is -2.04. The fourth-order valence-electron chi connectivity index (χ4n) is 1.48. The number of ether oxygens (including phenoxy) is 2. The Labute approximate surface area is 110 Å². The lowest BCUT2D eigenvalue weighted by molar-refractivity contribution is 0.0600. The fraction of sp³-hybridized carbons (Fsp3) is 0.462. The molecule has 0 spiro atoms. The van der Waals surface area contributed by atoms with Crippen molar-refractivity contribution in [3.8, 4) is 0 Å². The van der Waals surface area contributed by atoms with Crippen molar-refractivity contribution in [2.45, 2.75) is 12.2 Å². The monoisotopic (exact) mass is 270 g/mol. The number of hydrogen-bond donors (Lipinski definition) is 0. The summed E-state index contributed by atoms with van der Waals surface area (Å²) >= 11 is 0. The second-order valence-electron chi connectivity index (χ2n) is 3.82. The van der Waals surface area contributed by atoms with E-state index >= 15 is 0 Å². The Kier molecular flexibility index (Phi) is 6.60. The molecule has 0 saturated carbocycles. The minimum absolute atomic E-state index is 0.359. The van der Waals surface area contributed by atoms with Gasteiger partial charge in [-0.2, -0.15) is 0 Å². The van der Waals surface area contributed by atoms with Crippen LogP contribution in [0.25, 0.3) is 0 Å². The molecular weight excluding hydrogens is 252 g/mol. The van der Waals surface area contributed by atoms with E-state index in [0.717, 1.165) is 12.0 Å². The second-order valence-corrected chi connectivity index (χ2v) is 5.40. The van der Waals surface area contributed by atoms with Gasteiger partial charge in [0.05, 0.1) is 12.7 Å². The predicted octanol–water partition coefficient (Wildman–Crippen LogP) is 1.76. The first-order valence-corrected chi connectivity index (χ1v) is 7.17. The number of hydrogen-bond acceptors (Lipinski definition) is 4. The van der Waals surface area contributed by atoms with Crippen molar-refractivity contribution in [1.82, 2.24) is 0 Å². The van der Waals surface area contributed by atoms with Gasteiger partial charge < -0.3 is 9.47 Å². The molecule has 4 nitrogen and oxygen atoms in total. The van der Waals surface area contributed by atoms with Crippen molar-refractivity contribution in [2.75, 3.05) is 26.6 Å². The highest BCUT2D eigenvalue weighted by Crippen LogP contribution is 2.08. The summed E-state index contributed by atoms with van der Waals surface area (Å²) < 4.78 is 21.2. The van der Waals surface area contributed by atoms with Crippen molar-refractivity contribution in [3.05, 3.63) is 35.4 Å². The molecule has 1 unspecified atom stereocenters. The minimum Gasteiger partial charge on any atom is -0.465 e. The predicted molar refractivity (Wildman–Crippen MR) is 71.0 cm³/mol. The van der Waals surface area contributed by atoms with E-state index in [1.165, 1.54) is 7.11 Å². The third-order valence-electron chi connectivity index (χ3n) is 2.42. The summed E-state index contributed by atoms with van der Waals surface area (Å²) in [6.45, 7) is 0.632. The first-order chi connectivity index (χ1) is 8.67. The molecule has 0 fully saturated rings. The van der Waals surface area contributed by atoms with Crippen LogP contribution in [0.2, 0.25) is 0 Å². The maximum Gasteiger partial charge on any atom is 0.337 e. The van der Waals surface area contributed by atoms with Gasteiger partial charge in [-0.15, -0.1) is 0 Å². The zero-order chi connectivity index (χ0) is 13.4. The van der Waals surface area contributed by atoms with Crippen molar-refractivity contribution in [1.29, 1.82) is 0 Å². The Hall–Kier alpha value is -1.20. The van der Waals surface area contributed by atoms with Gasteiger partial charge in [0.15, 0.2) is 0 Å². The first kappa shape index (κ1) is 14.9. The van der Waals surface area contributed by atoms with E-state index in [2.05, 4.69) is 4.74 Å². The van der Waals surface area contributed by atoms with Gasteiger partial charge in [0.1, 0.15) is 0 Å². The Morgan fingerprint density at radius 1 is 1.22 bits per heavy atom. The average molecular weight is 270 g/mol. The van der Waals surface area contributed by atoms with Crippen LogP contribution in [0.1, 0.15) is 22.3 Å². The van der Waals surface area contributed by atoms with E-state index in [0.29, 0.717) is 23.7 Å². The Morgan fingerprint density at radius 2 is 1.89 bits per heavy atom. The Morgan fingerprint density at radius 3 is 2.44 bits per heavy atom. The standard InChI is InChI=1S/C13H18O4S/c1-16-8-3-9-18(15)10-11-4-6-12(7-5-11)13(14)17-2/h4-7H,3,8-10H2,1-2H3. The summed E-state index contributed by atoms with van der Waals surface area (Å²) in [6.07, 6.45) is 0.795. The molecule has 18 heavy (non-hydrogen) atoms. The highest BCUT2D eigenvalue weighted by molar-refractivity contribution is 7.84. The zero-order valence-corrected chi connectivity index (χ0v) is 11.5. The summed E-state index contributed by atoms with van der Waals surface area (Å²) in [5.74, 6) is 0.778. The molecule has 1 aromatic carbocycles. The molecule has 5 heteroatoms. The maximum atomic E-state index is 11.7. The summed E-state index contributed by atoms with van der Waals surface area (Å²) in [5, 5.41) is 0. The molecule has 0 N–H and O–H groups in total. The van der Waals surface area contributed by atoms with Crippen LogP contribution < -0.4 is 0 Å². The topological polar surface area (TPSA) is 52.6 Å². The number of rotatable bonds is 7. The van der Waals surface area contributed by atoms with E-state index in [1.54, 1.807) is 31.4 Å². The van der Waals surface area contributed by atoms with Crippen LogP contribution in [0.4, 0.5) is 0 Å². The summed E-state index contributed by atoms with van der Waals surface area (Å²) in [4.78, 5) is 11.2. The van der Waals surface area contributed by atoms with Crippen molar-refractivity contribution in [3.63, 3.8) is 0 Å². The van der Waals surface area contributed by atoms with Crippen LogP contribution in [0.3, 0.4) is 0 Å². The van der Waals surface area contributed by atoms with Crippen LogP contribution in [0, 0.1) is 0 Å². The van der Waals surface area contributed by atoms with Gasteiger partial charge in [-0.3, -0.25) is 4.21 Å². The van der Waals surface area contributed by atoms with Gasteiger partial charge in [-0.1, -0.05) is 12.1 Å². The number of esters is 1. The molecular formula is C13H18O4S. The van der Waals surface area contributed by atoms with Crippen LogP contribution in [0.15, 0.2) is 24.3 Å². The van der Waals surface area contributed by atoms with Gasteiger partial charge in [0.2, 0.25) is 0 Å². The average Bonchev–Trinajstić information content (AvgIpc) is 2.39. The molecule has 0 aliphatic carbocycles. The van der Waals surface area contributed by atoms with Crippen LogP contribution >= 0.6 is 0 Å². The van der Waals surface area contributed by atoms with E-state index in [4.69, 9.17) is 4.74 Å². The molecule has 0 aromatic heterocycles. The van der Waals surface area contributed by atoms with Gasteiger partial charge in [-0.25, -0.2) is 4.79 Å². The van der Waals surface area contributed by atoms with E-state index in [9.17, 15) is 9.00 Å². The zero-order valence-electron chi connectivity index (χ0n) is 10.7. The van der Waals surface area contributed by atoms with Gasteiger partial charge in [-0.05, 0) is 24.1 Å². The van der Waals surface area contributed by atoms with Gasteiger partial charge in [0, 0.05) is 36.0 Å². The number of carbonyl (C=O) groups is 1. The summed E-state index contributed by atoms with van der Waals surface area (Å²) in [7, 11) is 2.09. The molecule has 1 aromatic rings. The number of benzene rings is 1.